The van der Waals surface area contributed by atoms with E-state index in [-0.39, 0.29) is 29.2 Å². The van der Waals surface area contributed by atoms with Crippen LogP contribution in [0.25, 0.3) is 0 Å². The van der Waals surface area contributed by atoms with Crippen molar-refractivity contribution >= 4 is 36.3 Å². The largest absolute Gasteiger partial charge is 0.365 e. The van der Waals surface area contributed by atoms with Gasteiger partial charge in [-0.1, -0.05) is 13.0 Å². The molecule has 2 atom stereocenters. The summed E-state index contributed by atoms with van der Waals surface area (Å²) in [6.45, 7) is 20.9. The normalized spacial score (nSPS) is 22.9. The average molecular weight is 577 g/mol. The van der Waals surface area contributed by atoms with Crippen LogP contribution in [0.5, 0.6) is 0 Å². The Bertz CT molecular complexity index is 1340. The van der Waals surface area contributed by atoms with Gasteiger partial charge >= 0.3 is 0 Å². The lowest BCUT2D eigenvalue weighted by atomic mass is 10.00. The number of halogens is 2. The molecule has 4 heterocycles. The zero-order valence-electron chi connectivity index (χ0n) is 25.0. The van der Waals surface area contributed by atoms with E-state index in [9.17, 15) is 0 Å². The lowest BCUT2D eigenvalue weighted by Gasteiger charge is -2.34. The molecule has 2 aromatic rings. The van der Waals surface area contributed by atoms with E-state index in [0.29, 0.717) is 11.5 Å². The van der Waals surface area contributed by atoms with Crippen LogP contribution in [0.4, 0.5) is 26.0 Å². The Kier molecular flexibility index (Phi) is 9.13. The molecule has 1 aromatic heterocycles. The Balaban J connectivity index is 1.28. The molecule has 3 aliphatic rings. The Labute approximate surface area is 248 Å². The number of rotatable bonds is 11. The van der Waals surface area contributed by atoms with Crippen molar-refractivity contribution in [3.63, 3.8) is 0 Å². The van der Waals surface area contributed by atoms with Crippen molar-refractivity contribution in [3.8, 4) is 0 Å². The number of pyridine rings is 1. The van der Waals surface area contributed by atoms with Gasteiger partial charge in [-0.2, -0.15) is 0 Å². The summed E-state index contributed by atoms with van der Waals surface area (Å²) in [4.78, 5) is 23.7. The number of hydrogen-bond acceptors (Lipinski definition) is 8. The van der Waals surface area contributed by atoms with E-state index in [2.05, 4.69) is 80.3 Å². The highest BCUT2D eigenvalue weighted by atomic mass is 19.1. The Hall–Kier alpha value is -3.50. The molecule has 3 aliphatic heterocycles. The number of aliphatic imine (C=N–C) groups is 3. The third-order valence-electron chi connectivity index (χ3n) is 8.91. The first-order valence-corrected chi connectivity index (χ1v) is 14.8. The lowest BCUT2D eigenvalue weighted by molar-refractivity contribution is 0.257. The van der Waals surface area contributed by atoms with Crippen LogP contribution in [0, 0.1) is 17.7 Å². The van der Waals surface area contributed by atoms with Gasteiger partial charge in [-0.25, -0.2) is 13.8 Å². The van der Waals surface area contributed by atoms with Gasteiger partial charge in [-0.3, -0.25) is 19.9 Å². The van der Waals surface area contributed by atoms with Gasteiger partial charge in [-0.15, -0.1) is 0 Å². The highest BCUT2D eigenvalue weighted by Gasteiger charge is 2.39. The van der Waals surface area contributed by atoms with Crippen molar-refractivity contribution < 1.29 is 8.78 Å². The minimum absolute atomic E-state index is 0.0273. The summed E-state index contributed by atoms with van der Waals surface area (Å²) in [7, 11) is 0. The first-order chi connectivity index (χ1) is 20.2. The van der Waals surface area contributed by atoms with Crippen molar-refractivity contribution in [2.24, 2.45) is 26.8 Å². The van der Waals surface area contributed by atoms with Crippen molar-refractivity contribution in [3.05, 3.63) is 59.4 Å². The first-order valence-electron chi connectivity index (χ1n) is 14.8. The third-order valence-corrected chi connectivity index (χ3v) is 8.91. The molecule has 42 heavy (non-hydrogen) atoms. The topological polar surface area (TPSA) is 71.7 Å². The van der Waals surface area contributed by atoms with Gasteiger partial charge < -0.3 is 15.1 Å². The molecular weight excluding hydrogens is 534 g/mol. The molecule has 0 spiro atoms. The highest BCUT2D eigenvalue weighted by molar-refractivity contribution is 6.12. The van der Waals surface area contributed by atoms with Crippen molar-refractivity contribution in [2.45, 2.75) is 45.7 Å². The lowest BCUT2D eigenvalue weighted by Crippen LogP contribution is -2.38. The summed E-state index contributed by atoms with van der Waals surface area (Å²) in [6.07, 6.45) is 4.78. The van der Waals surface area contributed by atoms with Crippen molar-refractivity contribution in [1.29, 1.82) is 0 Å². The van der Waals surface area contributed by atoms with Gasteiger partial charge in [0.2, 0.25) is 0 Å². The summed E-state index contributed by atoms with van der Waals surface area (Å²) in [5.41, 5.74) is 1.96. The van der Waals surface area contributed by atoms with Gasteiger partial charge in [0.15, 0.2) is 11.6 Å². The summed E-state index contributed by atoms with van der Waals surface area (Å²) < 4.78 is 30.5. The summed E-state index contributed by atoms with van der Waals surface area (Å²) >= 11 is 0. The van der Waals surface area contributed by atoms with Crippen LogP contribution < -0.4 is 10.2 Å². The predicted molar refractivity (Wildman–Crippen MR) is 169 cm³/mol. The second-order valence-corrected chi connectivity index (χ2v) is 12.2. The average Bonchev–Trinajstić information content (AvgIpc) is 3.63. The molecule has 0 aliphatic carbocycles. The molecule has 2 unspecified atom stereocenters. The first kappa shape index (κ1) is 30.0. The van der Waals surface area contributed by atoms with E-state index in [1.54, 1.807) is 6.07 Å². The SMILES string of the molecule is C=N/C=C(F)\C(=N/CNc1ccc(CN2CC3CN(CC)CC3C2)cn1)c1cc(F)c(N=C)c(N2CCCC2(C)C)c1. The monoisotopic (exact) mass is 576 g/mol. The van der Waals surface area contributed by atoms with Gasteiger partial charge in [0.1, 0.15) is 23.9 Å². The molecule has 8 nitrogen and oxygen atoms in total. The Morgan fingerprint density at radius 2 is 1.88 bits per heavy atom. The minimum Gasteiger partial charge on any atom is -0.365 e. The molecular formula is C32H42F2N8. The molecule has 5 rings (SSSR count). The third kappa shape index (κ3) is 6.44. The number of fused-ring (bicyclic) bond motifs is 1. The number of benzene rings is 1. The van der Waals surface area contributed by atoms with Crippen LogP contribution in [0.2, 0.25) is 0 Å². The van der Waals surface area contributed by atoms with Crippen LogP contribution in [-0.4, -0.2) is 85.4 Å². The van der Waals surface area contributed by atoms with Gasteiger partial charge in [0.05, 0.1) is 11.9 Å². The predicted octanol–water partition coefficient (Wildman–Crippen LogP) is 5.69. The molecule has 1 N–H and O–H groups in total. The van der Waals surface area contributed by atoms with E-state index in [1.165, 1.54) is 19.2 Å². The molecule has 224 valence electrons. The molecule has 0 bridgehead atoms. The van der Waals surface area contributed by atoms with Gasteiger partial charge in [0, 0.05) is 56.6 Å². The summed E-state index contributed by atoms with van der Waals surface area (Å²) in [5, 5.41) is 3.14. The van der Waals surface area contributed by atoms with E-state index in [0.717, 1.165) is 69.2 Å². The molecule has 0 amide bonds. The Morgan fingerprint density at radius 3 is 2.48 bits per heavy atom. The van der Waals surface area contributed by atoms with E-state index in [4.69, 9.17) is 0 Å². The smallest absolute Gasteiger partial charge is 0.167 e. The maximum Gasteiger partial charge on any atom is 0.167 e. The summed E-state index contributed by atoms with van der Waals surface area (Å²) in [6, 6.07) is 6.95. The second-order valence-electron chi connectivity index (χ2n) is 12.2. The standard InChI is InChI=1S/C32H42F2N8/c1-6-40-17-24-19-41(20-25(24)18-40)16-22-8-9-29(37-14-22)38-21-39-30(27(34)15-35-4)23-12-26(33)31(36-5)28(13-23)42-11-7-10-32(42,2)3/h8-9,12-15,24-25H,4-7,10-11,16-21H2,1-3H3,(H,37,38)/b27-15+,39-30-. The Morgan fingerprint density at radius 1 is 1.14 bits per heavy atom. The van der Waals surface area contributed by atoms with Crippen molar-refractivity contribution in [1.82, 2.24) is 14.8 Å². The minimum atomic E-state index is -0.710. The second kappa shape index (κ2) is 12.8. The number of nitrogens with one attached hydrogen (secondary N) is 1. The molecule has 0 radical (unpaired) electrons. The maximum atomic E-state index is 15.3. The van der Waals surface area contributed by atoms with E-state index < -0.39 is 11.6 Å². The fourth-order valence-corrected chi connectivity index (χ4v) is 6.74. The van der Waals surface area contributed by atoms with Crippen molar-refractivity contribution in [2.75, 3.05) is 56.2 Å². The van der Waals surface area contributed by atoms with Crippen LogP contribution in [0.1, 0.15) is 44.7 Å². The number of hydrogen-bond donors (Lipinski definition) is 1. The molecule has 3 fully saturated rings. The van der Waals surface area contributed by atoms with Gasteiger partial charge in [-0.05, 0) is 82.3 Å². The maximum absolute atomic E-state index is 15.3. The number of allylic oxidation sites excluding steroid dienone is 1. The number of anilines is 2. The molecule has 1 aromatic carbocycles. The molecule has 3 saturated heterocycles. The zero-order chi connectivity index (χ0) is 29.9. The number of aromatic nitrogens is 1. The van der Waals surface area contributed by atoms with Crippen LogP contribution in [0.3, 0.4) is 0 Å². The summed E-state index contributed by atoms with van der Waals surface area (Å²) in [5.74, 6) is 0.876. The van der Waals surface area contributed by atoms with E-state index in [1.807, 2.05) is 12.3 Å². The zero-order valence-corrected chi connectivity index (χ0v) is 25.0. The fraction of sp³-hybridized carbons (Fsp3) is 0.500. The quantitative estimate of drug-likeness (QED) is 0.348. The van der Waals surface area contributed by atoms with Crippen LogP contribution in [0.15, 0.2) is 57.5 Å². The number of likely N-dealkylation sites (tertiary alicyclic amines) is 2. The fourth-order valence-electron chi connectivity index (χ4n) is 6.74. The molecule has 0 saturated carbocycles. The molecule has 10 heteroatoms. The van der Waals surface area contributed by atoms with Gasteiger partial charge in [0.25, 0.3) is 0 Å². The van der Waals surface area contributed by atoms with Crippen LogP contribution in [-0.2, 0) is 6.54 Å². The van der Waals surface area contributed by atoms with E-state index >= 15 is 8.78 Å². The highest BCUT2D eigenvalue weighted by Crippen LogP contribution is 2.41. The van der Waals surface area contributed by atoms with Crippen LogP contribution >= 0.6 is 0 Å². The number of nitrogens with zero attached hydrogens (tertiary/aromatic N) is 7.